The Kier molecular flexibility index (Phi) is 4.34. The van der Waals surface area contributed by atoms with Crippen LogP contribution in [0.25, 0.3) is 0 Å². The summed E-state index contributed by atoms with van der Waals surface area (Å²) >= 11 is 12.0. The molecule has 0 spiro atoms. The van der Waals surface area contributed by atoms with Crippen LogP contribution in [0, 0.1) is 0 Å². The lowest BCUT2D eigenvalue weighted by molar-refractivity contribution is 0.416. The van der Waals surface area contributed by atoms with Crippen LogP contribution in [0.1, 0.15) is 5.56 Å². The molecule has 0 aliphatic heterocycles. The molecule has 2 nitrogen and oxygen atoms in total. The topological polar surface area (TPSA) is 21.3 Å². The van der Waals surface area contributed by atoms with E-state index < -0.39 is 0 Å². The first-order valence-corrected chi connectivity index (χ1v) is 6.27. The first kappa shape index (κ1) is 13.1. The van der Waals surface area contributed by atoms with E-state index in [2.05, 4.69) is 5.32 Å². The highest BCUT2D eigenvalue weighted by atomic mass is 35.5. The molecule has 0 aliphatic carbocycles. The zero-order chi connectivity index (χ0) is 13.0. The minimum Gasteiger partial charge on any atom is -0.495 e. The van der Waals surface area contributed by atoms with Gasteiger partial charge < -0.3 is 10.1 Å². The molecule has 0 aliphatic rings. The number of halogens is 2. The molecule has 0 radical (unpaired) electrons. The predicted octanol–water partition coefficient (Wildman–Crippen LogP) is 4.61. The third-order valence-corrected chi connectivity index (χ3v) is 3.18. The number of anilines is 1. The number of hydrogen-bond acceptors (Lipinski definition) is 2. The molecular weight excluding hydrogens is 269 g/mol. The van der Waals surface area contributed by atoms with Gasteiger partial charge in [-0.1, -0.05) is 41.4 Å². The van der Waals surface area contributed by atoms with Crippen molar-refractivity contribution in [1.82, 2.24) is 0 Å². The fraction of sp³-hybridized carbons (Fsp3) is 0.143. The Morgan fingerprint density at radius 2 is 1.89 bits per heavy atom. The molecule has 2 aromatic carbocycles. The third kappa shape index (κ3) is 3.09. The maximum absolute atomic E-state index is 6.11. The highest BCUT2D eigenvalue weighted by Gasteiger charge is 2.04. The smallest absolute Gasteiger partial charge is 0.141 e. The van der Waals surface area contributed by atoms with Gasteiger partial charge in [0.2, 0.25) is 0 Å². The molecule has 0 saturated carbocycles. The minimum absolute atomic E-state index is 0.621. The maximum Gasteiger partial charge on any atom is 0.141 e. The van der Waals surface area contributed by atoms with E-state index in [0.29, 0.717) is 16.6 Å². The summed E-state index contributed by atoms with van der Waals surface area (Å²) in [6, 6.07) is 13.2. The number of para-hydroxylation sites is 2. The maximum atomic E-state index is 6.11. The summed E-state index contributed by atoms with van der Waals surface area (Å²) < 4.78 is 5.27. The second kappa shape index (κ2) is 5.98. The van der Waals surface area contributed by atoms with Gasteiger partial charge in [0.05, 0.1) is 12.8 Å². The largest absolute Gasteiger partial charge is 0.495 e. The van der Waals surface area contributed by atoms with Gasteiger partial charge in [0.25, 0.3) is 0 Å². The Hall–Kier alpha value is -1.38. The Balaban J connectivity index is 2.11. The average Bonchev–Trinajstić information content (AvgIpc) is 2.38. The molecule has 4 heteroatoms. The molecule has 0 amide bonds. The zero-order valence-electron chi connectivity index (χ0n) is 9.91. The average molecular weight is 282 g/mol. The van der Waals surface area contributed by atoms with Crippen LogP contribution >= 0.6 is 23.2 Å². The lowest BCUT2D eigenvalue weighted by Crippen LogP contribution is -2.01. The molecule has 0 heterocycles. The number of methoxy groups -OCH3 is 1. The summed E-state index contributed by atoms with van der Waals surface area (Å²) in [5.41, 5.74) is 1.93. The number of ether oxygens (including phenoxy) is 1. The summed E-state index contributed by atoms with van der Waals surface area (Å²) in [6.07, 6.45) is 0. The molecule has 18 heavy (non-hydrogen) atoms. The van der Waals surface area contributed by atoms with Crippen molar-refractivity contribution in [3.63, 3.8) is 0 Å². The lowest BCUT2D eigenvalue weighted by Gasteiger charge is -2.11. The van der Waals surface area contributed by atoms with Crippen LogP contribution in [0.15, 0.2) is 42.5 Å². The third-order valence-electron chi connectivity index (χ3n) is 2.59. The Labute approximate surface area is 116 Å². The second-order valence-electron chi connectivity index (χ2n) is 3.79. The van der Waals surface area contributed by atoms with E-state index in [1.54, 1.807) is 13.2 Å². The quantitative estimate of drug-likeness (QED) is 0.883. The van der Waals surface area contributed by atoms with Crippen LogP contribution in [-0.4, -0.2) is 7.11 Å². The van der Waals surface area contributed by atoms with Crippen molar-refractivity contribution in [1.29, 1.82) is 0 Å². The van der Waals surface area contributed by atoms with Gasteiger partial charge >= 0.3 is 0 Å². The summed E-state index contributed by atoms with van der Waals surface area (Å²) in [4.78, 5) is 0. The van der Waals surface area contributed by atoms with Gasteiger partial charge in [-0.25, -0.2) is 0 Å². The molecule has 0 fully saturated rings. The lowest BCUT2D eigenvalue weighted by atomic mass is 10.2. The SMILES string of the molecule is COc1ccccc1NCc1ccc(Cl)cc1Cl. The van der Waals surface area contributed by atoms with Crippen LogP contribution < -0.4 is 10.1 Å². The van der Waals surface area contributed by atoms with Gasteiger partial charge in [0.1, 0.15) is 5.75 Å². The van der Waals surface area contributed by atoms with Crippen molar-refractivity contribution in [2.45, 2.75) is 6.54 Å². The van der Waals surface area contributed by atoms with Gasteiger partial charge in [-0.2, -0.15) is 0 Å². The molecular formula is C14H13Cl2NO. The summed E-state index contributed by atoms with van der Waals surface area (Å²) in [7, 11) is 1.65. The van der Waals surface area contributed by atoms with Crippen LogP contribution in [0.4, 0.5) is 5.69 Å². The molecule has 2 rings (SSSR count). The van der Waals surface area contributed by atoms with Crippen molar-refractivity contribution in [2.24, 2.45) is 0 Å². The first-order valence-electron chi connectivity index (χ1n) is 5.51. The van der Waals surface area contributed by atoms with E-state index in [-0.39, 0.29) is 0 Å². The molecule has 0 atom stereocenters. The van der Waals surface area contributed by atoms with Crippen LogP contribution in [0.5, 0.6) is 5.75 Å². The fourth-order valence-electron chi connectivity index (χ4n) is 1.65. The first-order chi connectivity index (χ1) is 8.70. The number of nitrogens with one attached hydrogen (secondary N) is 1. The van der Waals surface area contributed by atoms with Crippen molar-refractivity contribution in [3.8, 4) is 5.75 Å². The van der Waals surface area contributed by atoms with Gasteiger partial charge in [0.15, 0.2) is 0 Å². The number of hydrogen-bond donors (Lipinski definition) is 1. The normalized spacial score (nSPS) is 10.2. The minimum atomic E-state index is 0.621. The van der Waals surface area contributed by atoms with E-state index >= 15 is 0 Å². The van der Waals surface area contributed by atoms with Crippen LogP contribution in [0.2, 0.25) is 10.0 Å². The molecule has 0 aromatic heterocycles. The van der Waals surface area contributed by atoms with Crippen molar-refractivity contribution >= 4 is 28.9 Å². The highest BCUT2D eigenvalue weighted by molar-refractivity contribution is 6.35. The second-order valence-corrected chi connectivity index (χ2v) is 4.63. The van der Waals surface area contributed by atoms with Crippen LogP contribution in [0.3, 0.4) is 0 Å². The molecule has 1 N–H and O–H groups in total. The molecule has 2 aromatic rings. The molecule has 0 unspecified atom stereocenters. The van der Waals surface area contributed by atoms with Crippen molar-refractivity contribution < 1.29 is 4.74 Å². The highest BCUT2D eigenvalue weighted by Crippen LogP contribution is 2.26. The summed E-state index contributed by atoms with van der Waals surface area (Å²) in [5.74, 6) is 0.808. The zero-order valence-corrected chi connectivity index (χ0v) is 11.4. The van der Waals surface area contributed by atoms with E-state index in [9.17, 15) is 0 Å². The predicted molar refractivity (Wildman–Crippen MR) is 76.8 cm³/mol. The van der Waals surface area contributed by atoms with Gasteiger partial charge in [0, 0.05) is 16.6 Å². The van der Waals surface area contributed by atoms with Gasteiger partial charge in [-0.3, -0.25) is 0 Å². The Bertz CT molecular complexity index is 543. The fourth-order valence-corrected chi connectivity index (χ4v) is 2.12. The van der Waals surface area contributed by atoms with Gasteiger partial charge in [-0.15, -0.1) is 0 Å². The molecule has 94 valence electrons. The Morgan fingerprint density at radius 3 is 2.61 bits per heavy atom. The molecule has 0 bridgehead atoms. The van der Waals surface area contributed by atoms with E-state index in [1.807, 2.05) is 36.4 Å². The number of benzene rings is 2. The van der Waals surface area contributed by atoms with Crippen LogP contribution in [-0.2, 0) is 6.54 Å². The van der Waals surface area contributed by atoms with Crippen molar-refractivity contribution in [3.05, 3.63) is 58.1 Å². The molecule has 0 saturated heterocycles. The Morgan fingerprint density at radius 1 is 1.11 bits per heavy atom. The summed E-state index contributed by atoms with van der Waals surface area (Å²) in [5, 5.41) is 4.59. The number of rotatable bonds is 4. The van der Waals surface area contributed by atoms with Gasteiger partial charge in [-0.05, 0) is 29.8 Å². The van der Waals surface area contributed by atoms with Crippen molar-refractivity contribution in [2.75, 3.05) is 12.4 Å². The monoisotopic (exact) mass is 281 g/mol. The standard InChI is InChI=1S/C14H13Cl2NO/c1-18-14-5-3-2-4-13(14)17-9-10-6-7-11(15)8-12(10)16/h2-8,17H,9H2,1H3. The van der Waals surface area contributed by atoms with E-state index in [4.69, 9.17) is 27.9 Å². The summed E-state index contributed by atoms with van der Waals surface area (Å²) in [6.45, 7) is 0.621. The van der Waals surface area contributed by atoms with E-state index in [1.165, 1.54) is 0 Å². The van der Waals surface area contributed by atoms with E-state index in [0.717, 1.165) is 17.0 Å².